The number of nitrogens with zero attached hydrogens (tertiary/aromatic N) is 4. The van der Waals surface area contributed by atoms with Gasteiger partial charge in [-0.2, -0.15) is 4.98 Å². The van der Waals surface area contributed by atoms with Crippen molar-refractivity contribution in [3.63, 3.8) is 0 Å². The molecule has 0 bridgehead atoms. The summed E-state index contributed by atoms with van der Waals surface area (Å²) in [7, 11) is 0. The fourth-order valence-corrected chi connectivity index (χ4v) is 2.80. The first kappa shape index (κ1) is 13.8. The van der Waals surface area contributed by atoms with E-state index in [1.807, 2.05) is 4.90 Å². The lowest BCUT2D eigenvalue weighted by molar-refractivity contribution is 0.0701. The lowest BCUT2D eigenvalue weighted by Crippen LogP contribution is -2.39. The minimum Gasteiger partial charge on any atom is -0.361 e. The SMILES string of the molecule is Cc1nc([C@H]2CCCN(C(=O)c3c(C)noc3C)C2)no1. The van der Waals surface area contributed by atoms with Gasteiger partial charge >= 0.3 is 0 Å². The molecule has 0 saturated carbocycles. The third kappa shape index (κ3) is 2.55. The quantitative estimate of drug-likeness (QED) is 0.841. The minimum absolute atomic E-state index is 0.0313. The smallest absolute Gasteiger partial charge is 0.259 e. The zero-order valence-electron chi connectivity index (χ0n) is 12.4. The van der Waals surface area contributed by atoms with Gasteiger partial charge < -0.3 is 13.9 Å². The molecule has 7 heteroatoms. The molecule has 3 rings (SSSR count). The van der Waals surface area contributed by atoms with Crippen molar-refractivity contribution >= 4 is 5.91 Å². The number of aryl methyl sites for hydroxylation is 3. The molecule has 0 unspecified atom stereocenters. The van der Waals surface area contributed by atoms with Crippen molar-refractivity contribution in [1.82, 2.24) is 20.2 Å². The summed E-state index contributed by atoms with van der Waals surface area (Å²) in [5.74, 6) is 1.90. The Morgan fingerprint density at radius 1 is 1.24 bits per heavy atom. The molecule has 3 heterocycles. The fourth-order valence-electron chi connectivity index (χ4n) is 2.80. The van der Waals surface area contributed by atoms with E-state index in [2.05, 4.69) is 15.3 Å². The summed E-state index contributed by atoms with van der Waals surface area (Å²) in [5, 5.41) is 7.83. The maximum atomic E-state index is 12.6. The Bertz CT molecular complexity index is 641. The van der Waals surface area contributed by atoms with E-state index in [9.17, 15) is 4.79 Å². The molecule has 2 aromatic heterocycles. The summed E-state index contributed by atoms with van der Waals surface area (Å²) >= 11 is 0. The molecule has 2 aromatic rings. The number of carbonyl (C=O) groups excluding carboxylic acids is 1. The normalized spacial score (nSPS) is 19.0. The van der Waals surface area contributed by atoms with E-state index >= 15 is 0 Å². The molecule has 1 amide bonds. The van der Waals surface area contributed by atoms with Gasteiger partial charge in [0.25, 0.3) is 5.91 Å². The Kier molecular flexibility index (Phi) is 3.48. The Morgan fingerprint density at radius 3 is 2.67 bits per heavy atom. The van der Waals surface area contributed by atoms with E-state index in [-0.39, 0.29) is 11.8 Å². The molecule has 1 aliphatic heterocycles. The van der Waals surface area contributed by atoms with E-state index < -0.39 is 0 Å². The van der Waals surface area contributed by atoms with Crippen molar-refractivity contribution in [2.75, 3.05) is 13.1 Å². The first-order valence-corrected chi connectivity index (χ1v) is 7.08. The fraction of sp³-hybridized carbons (Fsp3) is 0.571. The second-order valence-electron chi connectivity index (χ2n) is 5.46. The number of amides is 1. The largest absolute Gasteiger partial charge is 0.361 e. The van der Waals surface area contributed by atoms with E-state index in [1.165, 1.54) is 0 Å². The van der Waals surface area contributed by atoms with E-state index in [0.717, 1.165) is 19.4 Å². The highest BCUT2D eigenvalue weighted by Crippen LogP contribution is 2.27. The topological polar surface area (TPSA) is 85.3 Å². The van der Waals surface area contributed by atoms with Crippen LogP contribution in [0.25, 0.3) is 0 Å². The summed E-state index contributed by atoms with van der Waals surface area (Å²) in [6, 6.07) is 0. The van der Waals surface area contributed by atoms with Gasteiger partial charge in [0.2, 0.25) is 5.89 Å². The third-order valence-electron chi connectivity index (χ3n) is 3.86. The lowest BCUT2D eigenvalue weighted by Gasteiger charge is -2.31. The second kappa shape index (κ2) is 5.31. The average molecular weight is 290 g/mol. The molecule has 0 N–H and O–H groups in total. The summed E-state index contributed by atoms with van der Waals surface area (Å²) in [4.78, 5) is 18.8. The van der Waals surface area contributed by atoms with Crippen LogP contribution in [-0.4, -0.2) is 39.2 Å². The van der Waals surface area contributed by atoms with Gasteiger partial charge in [-0.15, -0.1) is 0 Å². The van der Waals surface area contributed by atoms with Crippen LogP contribution in [-0.2, 0) is 0 Å². The van der Waals surface area contributed by atoms with Gasteiger partial charge in [-0.05, 0) is 26.7 Å². The molecule has 7 nitrogen and oxygen atoms in total. The van der Waals surface area contributed by atoms with Gasteiger partial charge in [-0.1, -0.05) is 10.3 Å². The predicted octanol–water partition coefficient (Wildman–Crippen LogP) is 2.00. The highest BCUT2D eigenvalue weighted by Gasteiger charge is 2.30. The minimum atomic E-state index is -0.0313. The lowest BCUT2D eigenvalue weighted by atomic mass is 9.96. The second-order valence-corrected chi connectivity index (χ2v) is 5.46. The van der Waals surface area contributed by atoms with Gasteiger partial charge in [0.1, 0.15) is 11.3 Å². The Hall–Kier alpha value is -2.18. The first-order valence-electron chi connectivity index (χ1n) is 7.08. The maximum absolute atomic E-state index is 12.6. The number of hydrogen-bond acceptors (Lipinski definition) is 6. The van der Waals surface area contributed by atoms with Crippen LogP contribution >= 0.6 is 0 Å². The zero-order chi connectivity index (χ0) is 15.0. The molecular formula is C14H18N4O3. The van der Waals surface area contributed by atoms with Crippen LogP contribution in [0.3, 0.4) is 0 Å². The molecule has 1 fully saturated rings. The highest BCUT2D eigenvalue weighted by atomic mass is 16.5. The maximum Gasteiger partial charge on any atom is 0.259 e. The molecule has 1 aliphatic rings. The average Bonchev–Trinajstić information content (AvgIpc) is 3.05. The molecular weight excluding hydrogens is 272 g/mol. The van der Waals surface area contributed by atoms with Crippen LogP contribution in [0.2, 0.25) is 0 Å². The number of aromatic nitrogens is 3. The van der Waals surface area contributed by atoms with Gasteiger partial charge in [0.15, 0.2) is 5.82 Å². The van der Waals surface area contributed by atoms with Crippen LogP contribution in [0.15, 0.2) is 9.05 Å². The molecule has 1 atom stereocenters. The van der Waals surface area contributed by atoms with Gasteiger partial charge in [-0.25, -0.2) is 0 Å². The van der Waals surface area contributed by atoms with Gasteiger partial charge in [-0.3, -0.25) is 4.79 Å². The Morgan fingerprint density at radius 2 is 2.05 bits per heavy atom. The molecule has 1 saturated heterocycles. The standard InChI is InChI=1S/C14H18N4O3/c1-8-12(9(2)20-16-8)14(19)18-6-4-5-11(7-18)13-15-10(3)21-17-13/h11H,4-7H2,1-3H3/t11-/m0/s1. The Balaban J connectivity index is 1.78. The Labute approximate surface area is 122 Å². The number of carbonyl (C=O) groups is 1. The van der Waals surface area contributed by atoms with Gasteiger partial charge in [0.05, 0.1) is 5.69 Å². The van der Waals surface area contributed by atoms with Gasteiger partial charge in [0, 0.05) is 25.9 Å². The van der Waals surface area contributed by atoms with Crippen LogP contribution in [0.4, 0.5) is 0 Å². The number of likely N-dealkylation sites (tertiary alicyclic amines) is 1. The van der Waals surface area contributed by atoms with Crippen molar-refractivity contribution in [3.8, 4) is 0 Å². The first-order chi connectivity index (χ1) is 10.1. The van der Waals surface area contributed by atoms with Crippen molar-refractivity contribution < 1.29 is 13.8 Å². The molecule has 21 heavy (non-hydrogen) atoms. The van der Waals surface area contributed by atoms with Crippen LogP contribution < -0.4 is 0 Å². The van der Waals surface area contributed by atoms with Crippen molar-refractivity contribution in [1.29, 1.82) is 0 Å². The number of piperidine rings is 1. The van der Waals surface area contributed by atoms with E-state index in [4.69, 9.17) is 9.05 Å². The molecule has 0 aliphatic carbocycles. The van der Waals surface area contributed by atoms with Crippen molar-refractivity contribution in [2.24, 2.45) is 0 Å². The van der Waals surface area contributed by atoms with Crippen molar-refractivity contribution in [2.45, 2.75) is 39.5 Å². The summed E-state index contributed by atoms with van der Waals surface area (Å²) in [6.07, 6.45) is 1.89. The van der Waals surface area contributed by atoms with E-state index in [0.29, 0.717) is 35.3 Å². The summed E-state index contributed by atoms with van der Waals surface area (Å²) in [5.41, 5.74) is 1.20. The van der Waals surface area contributed by atoms with Crippen LogP contribution in [0, 0.1) is 20.8 Å². The number of rotatable bonds is 2. The number of hydrogen-bond donors (Lipinski definition) is 0. The third-order valence-corrected chi connectivity index (χ3v) is 3.86. The van der Waals surface area contributed by atoms with Crippen LogP contribution in [0.5, 0.6) is 0 Å². The predicted molar refractivity (Wildman–Crippen MR) is 72.9 cm³/mol. The molecule has 0 spiro atoms. The monoisotopic (exact) mass is 290 g/mol. The summed E-state index contributed by atoms with van der Waals surface area (Å²) < 4.78 is 10.1. The summed E-state index contributed by atoms with van der Waals surface area (Å²) in [6.45, 7) is 6.65. The zero-order valence-corrected chi connectivity index (χ0v) is 12.4. The molecule has 0 aromatic carbocycles. The van der Waals surface area contributed by atoms with Crippen molar-refractivity contribution in [3.05, 3.63) is 28.7 Å². The van der Waals surface area contributed by atoms with Crippen LogP contribution in [0.1, 0.15) is 52.3 Å². The molecule has 0 radical (unpaired) electrons. The highest BCUT2D eigenvalue weighted by molar-refractivity contribution is 5.96. The molecule has 112 valence electrons. The van der Waals surface area contributed by atoms with E-state index in [1.54, 1.807) is 20.8 Å².